The molecule has 0 saturated heterocycles. The smallest absolute Gasteiger partial charge is 0.306 e. The van der Waals surface area contributed by atoms with Crippen molar-refractivity contribution in [1.82, 2.24) is 0 Å². The molecule has 4 nitrogen and oxygen atoms in total. The van der Waals surface area contributed by atoms with Gasteiger partial charge in [0.05, 0.1) is 12.1 Å². The lowest BCUT2D eigenvalue weighted by Crippen LogP contribution is -2.21. The molecule has 2 aromatic carbocycles. The summed E-state index contributed by atoms with van der Waals surface area (Å²) >= 11 is 3.39. The number of carbonyl (C=O) groups is 2. The summed E-state index contributed by atoms with van der Waals surface area (Å²) in [5.74, 6) is -0.697. The van der Waals surface area contributed by atoms with Crippen LogP contribution in [0.3, 0.4) is 0 Å². The molecule has 1 amide bonds. The first-order valence-electron chi connectivity index (χ1n) is 7.72. The summed E-state index contributed by atoms with van der Waals surface area (Å²) < 4.78 is 5.86. The minimum Gasteiger partial charge on any atom is -0.456 e. The van der Waals surface area contributed by atoms with Crippen molar-refractivity contribution >= 4 is 33.5 Å². The van der Waals surface area contributed by atoms with Gasteiger partial charge in [0.1, 0.15) is 0 Å². The molecule has 1 atom stereocenters. The van der Waals surface area contributed by atoms with Crippen LogP contribution in [-0.2, 0) is 14.3 Å². The topological polar surface area (TPSA) is 55.4 Å². The van der Waals surface area contributed by atoms with Gasteiger partial charge in [-0.15, -0.1) is 0 Å². The van der Waals surface area contributed by atoms with E-state index in [1.807, 2.05) is 56.3 Å². The molecule has 5 heteroatoms. The van der Waals surface area contributed by atoms with Crippen LogP contribution in [-0.4, -0.2) is 18.5 Å². The Morgan fingerprint density at radius 2 is 1.88 bits per heavy atom. The normalized spacial score (nSPS) is 11.6. The molecule has 0 radical (unpaired) electrons. The number of rotatable bonds is 6. The Hall–Kier alpha value is -2.14. The third-order valence-electron chi connectivity index (χ3n) is 3.60. The molecule has 0 heterocycles. The first-order valence-corrected chi connectivity index (χ1v) is 8.51. The lowest BCUT2D eigenvalue weighted by molar-refractivity contribution is -0.147. The summed E-state index contributed by atoms with van der Waals surface area (Å²) in [6, 6.07) is 15.4. The summed E-state index contributed by atoms with van der Waals surface area (Å²) in [6.45, 7) is 3.63. The van der Waals surface area contributed by atoms with E-state index in [0.717, 1.165) is 15.6 Å². The molecule has 0 fully saturated rings. The Bertz CT molecular complexity index is 716. The fourth-order valence-electron chi connectivity index (χ4n) is 2.26. The summed E-state index contributed by atoms with van der Waals surface area (Å²) in [6.07, 6.45) is 0.242. The first-order chi connectivity index (χ1) is 11.5. The molecule has 2 rings (SSSR count). The number of hydrogen-bond acceptors (Lipinski definition) is 3. The van der Waals surface area contributed by atoms with Crippen LogP contribution in [0.5, 0.6) is 0 Å². The van der Waals surface area contributed by atoms with Gasteiger partial charge in [-0.2, -0.15) is 0 Å². The number of esters is 1. The van der Waals surface area contributed by atoms with E-state index in [0.29, 0.717) is 5.69 Å². The Morgan fingerprint density at radius 3 is 2.54 bits per heavy atom. The molecule has 0 spiro atoms. The minimum atomic E-state index is -0.385. The van der Waals surface area contributed by atoms with Crippen molar-refractivity contribution in [2.24, 2.45) is 0 Å². The van der Waals surface area contributed by atoms with Crippen molar-refractivity contribution < 1.29 is 14.3 Å². The average Bonchev–Trinajstić information content (AvgIpc) is 2.56. The highest BCUT2D eigenvalue weighted by molar-refractivity contribution is 9.10. The maximum atomic E-state index is 11.9. The molecule has 0 aliphatic rings. The third kappa shape index (κ3) is 5.49. The standard InChI is InChI=1S/C19H20BrNO3/c1-13-8-9-17(16(20)10-13)21-18(22)12-24-19(23)11-14(2)15-6-4-3-5-7-15/h3-10,14H,11-12H2,1-2H3,(H,21,22)/t14-/m1/s1. The van der Waals surface area contributed by atoms with Crippen LogP contribution in [0.1, 0.15) is 30.4 Å². The van der Waals surface area contributed by atoms with Crippen molar-refractivity contribution in [3.8, 4) is 0 Å². The monoisotopic (exact) mass is 389 g/mol. The number of hydrogen-bond donors (Lipinski definition) is 1. The SMILES string of the molecule is Cc1ccc(NC(=O)COC(=O)C[C@@H](C)c2ccccc2)c(Br)c1. The van der Waals surface area contributed by atoms with E-state index in [-0.39, 0.29) is 30.8 Å². The second-order valence-corrected chi connectivity index (χ2v) is 6.56. The number of ether oxygens (including phenoxy) is 1. The van der Waals surface area contributed by atoms with E-state index in [4.69, 9.17) is 4.74 Å². The van der Waals surface area contributed by atoms with E-state index >= 15 is 0 Å². The second-order valence-electron chi connectivity index (χ2n) is 5.71. The highest BCUT2D eigenvalue weighted by Gasteiger charge is 2.14. The molecule has 0 unspecified atom stereocenters. The molecule has 0 aromatic heterocycles. The zero-order chi connectivity index (χ0) is 17.5. The van der Waals surface area contributed by atoms with Gasteiger partial charge in [-0.05, 0) is 52.0 Å². The minimum absolute atomic E-state index is 0.0491. The van der Waals surface area contributed by atoms with Crippen LogP contribution in [0.15, 0.2) is 53.0 Å². The van der Waals surface area contributed by atoms with Crippen molar-refractivity contribution in [2.75, 3.05) is 11.9 Å². The Kier molecular flexibility index (Phi) is 6.55. The second kappa shape index (κ2) is 8.64. The Balaban J connectivity index is 1.80. The van der Waals surface area contributed by atoms with Crippen molar-refractivity contribution in [2.45, 2.75) is 26.2 Å². The zero-order valence-electron chi connectivity index (χ0n) is 13.7. The zero-order valence-corrected chi connectivity index (χ0v) is 15.3. The number of halogens is 1. The number of carbonyl (C=O) groups excluding carboxylic acids is 2. The molecule has 24 heavy (non-hydrogen) atoms. The lowest BCUT2D eigenvalue weighted by atomic mass is 9.98. The number of nitrogens with one attached hydrogen (secondary N) is 1. The molecule has 1 N–H and O–H groups in total. The summed E-state index contributed by atoms with van der Waals surface area (Å²) in [4.78, 5) is 23.8. The van der Waals surface area contributed by atoms with Crippen molar-refractivity contribution in [3.63, 3.8) is 0 Å². The van der Waals surface area contributed by atoms with Crippen molar-refractivity contribution in [3.05, 3.63) is 64.1 Å². The van der Waals surface area contributed by atoms with E-state index in [1.165, 1.54) is 0 Å². The third-order valence-corrected chi connectivity index (χ3v) is 4.26. The summed E-state index contributed by atoms with van der Waals surface area (Å²) in [5, 5.41) is 2.71. The molecule has 0 saturated carbocycles. The molecule has 0 bridgehead atoms. The number of benzene rings is 2. The maximum Gasteiger partial charge on any atom is 0.306 e. The fourth-order valence-corrected chi connectivity index (χ4v) is 2.85. The molecule has 2 aromatic rings. The van der Waals surface area contributed by atoms with Gasteiger partial charge in [0.2, 0.25) is 0 Å². The largest absolute Gasteiger partial charge is 0.456 e. The summed E-state index contributed by atoms with van der Waals surface area (Å²) in [5.41, 5.74) is 2.81. The molecule has 126 valence electrons. The van der Waals surface area contributed by atoms with Crippen molar-refractivity contribution in [1.29, 1.82) is 0 Å². The van der Waals surface area contributed by atoms with Crippen LogP contribution in [0.4, 0.5) is 5.69 Å². The predicted octanol–water partition coefficient (Wildman–Crippen LogP) is 4.43. The van der Waals surface area contributed by atoms with Crippen LogP contribution >= 0.6 is 15.9 Å². The van der Waals surface area contributed by atoms with Crippen LogP contribution in [0.2, 0.25) is 0 Å². The summed E-state index contributed by atoms with van der Waals surface area (Å²) in [7, 11) is 0. The molecular formula is C19H20BrNO3. The number of amides is 1. The number of anilines is 1. The highest BCUT2D eigenvalue weighted by Crippen LogP contribution is 2.23. The van der Waals surface area contributed by atoms with Gasteiger partial charge in [0.25, 0.3) is 5.91 Å². The number of aryl methyl sites for hydroxylation is 1. The van der Waals surface area contributed by atoms with Gasteiger partial charge in [-0.1, -0.05) is 43.3 Å². The molecule has 0 aliphatic carbocycles. The Morgan fingerprint density at radius 1 is 1.17 bits per heavy atom. The maximum absolute atomic E-state index is 11.9. The Labute approximate surface area is 150 Å². The van der Waals surface area contributed by atoms with E-state index in [1.54, 1.807) is 6.07 Å². The van der Waals surface area contributed by atoms with Crippen LogP contribution < -0.4 is 5.32 Å². The lowest BCUT2D eigenvalue weighted by Gasteiger charge is -2.12. The average molecular weight is 390 g/mol. The van der Waals surface area contributed by atoms with Gasteiger partial charge in [-0.3, -0.25) is 9.59 Å². The van der Waals surface area contributed by atoms with E-state index in [9.17, 15) is 9.59 Å². The van der Waals surface area contributed by atoms with Crippen LogP contribution in [0, 0.1) is 6.92 Å². The quantitative estimate of drug-likeness (QED) is 0.743. The van der Waals surface area contributed by atoms with Gasteiger partial charge in [0, 0.05) is 4.47 Å². The first kappa shape index (κ1) is 18.2. The highest BCUT2D eigenvalue weighted by atomic mass is 79.9. The molecule has 0 aliphatic heterocycles. The van der Waals surface area contributed by atoms with Gasteiger partial charge in [0.15, 0.2) is 6.61 Å². The van der Waals surface area contributed by atoms with E-state index < -0.39 is 0 Å². The predicted molar refractivity (Wildman–Crippen MR) is 97.9 cm³/mol. The fraction of sp³-hybridized carbons (Fsp3) is 0.263. The van der Waals surface area contributed by atoms with Crippen LogP contribution in [0.25, 0.3) is 0 Å². The van der Waals surface area contributed by atoms with Gasteiger partial charge in [-0.25, -0.2) is 0 Å². The van der Waals surface area contributed by atoms with Gasteiger partial charge >= 0.3 is 5.97 Å². The van der Waals surface area contributed by atoms with E-state index in [2.05, 4.69) is 21.2 Å². The van der Waals surface area contributed by atoms with Gasteiger partial charge < -0.3 is 10.1 Å². The molecular weight excluding hydrogens is 370 g/mol.